The van der Waals surface area contributed by atoms with Gasteiger partial charge in [0, 0.05) is 24.8 Å². The van der Waals surface area contributed by atoms with E-state index in [0.29, 0.717) is 35.2 Å². The van der Waals surface area contributed by atoms with Gasteiger partial charge in [-0.2, -0.15) is 5.26 Å². The molecule has 2 heterocycles. The molecule has 1 saturated heterocycles. The van der Waals surface area contributed by atoms with Crippen LogP contribution in [0.4, 0.5) is 11.5 Å². The molecule has 1 fully saturated rings. The summed E-state index contributed by atoms with van der Waals surface area (Å²) in [5.74, 6) is 1.69. The minimum atomic E-state index is -0.144. The zero-order valence-electron chi connectivity index (χ0n) is 17.6. The number of rotatable bonds is 6. The van der Waals surface area contributed by atoms with Crippen LogP contribution in [-0.4, -0.2) is 50.1 Å². The Bertz CT molecular complexity index is 999. The predicted molar refractivity (Wildman–Crippen MR) is 121 cm³/mol. The van der Waals surface area contributed by atoms with Gasteiger partial charge in [0.15, 0.2) is 0 Å². The molecule has 0 bridgehead atoms. The van der Waals surface area contributed by atoms with Gasteiger partial charge in [0.25, 0.3) is 0 Å². The van der Waals surface area contributed by atoms with Crippen molar-refractivity contribution in [3.8, 4) is 11.8 Å². The van der Waals surface area contributed by atoms with Crippen molar-refractivity contribution >= 4 is 29.2 Å². The van der Waals surface area contributed by atoms with Crippen molar-refractivity contribution in [1.82, 2.24) is 4.98 Å². The first-order chi connectivity index (χ1) is 15.2. The summed E-state index contributed by atoms with van der Waals surface area (Å²) in [6.07, 6.45) is 4.04. The van der Waals surface area contributed by atoms with E-state index in [1.54, 1.807) is 13.2 Å². The highest BCUT2D eigenvalue weighted by Gasteiger charge is 2.26. The van der Waals surface area contributed by atoms with Gasteiger partial charge in [0.2, 0.25) is 5.91 Å². The smallest absolute Gasteiger partial charge is 0.234 e. The molecule has 2 aromatic rings. The average molecular weight is 439 g/mol. The Kier molecular flexibility index (Phi) is 6.95. The number of morpholine rings is 1. The maximum absolute atomic E-state index is 12.5. The quantitative estimate of drug-likeness (QED) is 0.692. The van der Waals surface area contributed by atoms with Crippen molar-refractivity contribution < 1.29 is 14.3 Å². The molecule has 1 aliphatic carbocycles. The molecule has 1 aliphatic heterocycles. The number of benzene rings is 1. The molecule has 1 aromatic heterocycles. The molecule has 1 N–H and O–H groups in total. The van der Waals surface area contributed by atoms with Gasteiger partial charge in [-0.15, -0.1) is 0 Å². The summed E-state index contributed by atoms with van der Waals surface area (Å²) in [5, 5.41) is 13.4. The van der Waals surface area contributed by atoms with Crippen LogP contribution in [0.5, 0.6) is 5.75 Å². The van der Waals surface area contributed by atoms with E-state index in [1.807, 2.05) is 18.2 Å². The number of carbonyl (C=O) groups is 1. The second-order valence-corrected chi connectivity index (χ2v) is 8.52. The molecular weight excluding hydrogens is 412 g/mol. The van der Waals surface area contributed by atoms with E-state index >= 15 is 0 Å². The van der Waals surface area contributed by atoms with Gasteiger partial charge in [-0.3, -0.25) is 4.79 Å². The maximum atomic E-state index is 12.5. The molecule has 1 amide bonds. The molecule has 2 aliphatic rings. The van der Waals surface area contributed by atoms with Crippen LogP contribution in [0.15, 0.2) is 29.3 Å². The van der Waals surface area contributed by atoms with Gasteiger partial charge < -0.3 is 19.7 Å². The third-order valence-corrected chi connectivity index (χ3v) is 6.55. The summed E-state index contributed by atoms with van der Waals surface area (Å²) in [4.78, 5) is 19.7. The largest absolute Gasteiger partial charge is 0.497 e. The fourth-order valence-corrected chi connectivity index (χ4v) is 4.87. The van der Waals surface area contributed by atoms with Gasteiger partial charge in [0.1, 0.15) is 22.7 Å². The molecule has 4 rings (SSSR count). The fraction of sp³-hybridized carbons (Fsp3) is 0.435. The van der Waals surface area contributed by atoms with Crippen LogP contribution in [0.25, 0.3) is 0 Å². The number of fused-ring (bicyclic) bond motifs is 1. The van der Waals surface area contributed by atoms with Crippen LogP contribution in [0, 0.1) is 11.3 Å². The summed E-state index contributed by atoms with van der Waals surface area (Å²) in [6, 6.07) is 9.62. The number of ether oxygens (including phenoxy) is 2. The van der Waals surface area contributed by atoms with Gasteiger partial charge in [0.05, 0.1) is 31.6 Å². The van der Waals surface area contributed by atoms with Gasteiger partial charge in [-0.25, -0.2) is 4.98 Å². The second kappa shape index (κ2) is 10.0. The number of nitrogens with one attached hydrogen (secondary N) is 1. The maximum Gasteiger partial charge on any atom is 0.234 e. The number of carbonyl (C=O) groups excluding carboxylic acids is 1. The molecule has 7 nitrogen and oxygen atoms in total. The van der Waals surface area contributed by atoms with Crippen LogP contribution in [-0.2, 0) is 22.4 Å². The van der Waals surface area contributed by atoms with Crippen LogP contribution in [0.2, 0.25) is 0 Å². The number of pyridine rings is 1. The minimum absolute atomic E-state index is 0.144. The Labute approximate surface area is 186 Å². The summed E-state index contributed by atoms with van der Waals surface area (Å²) in [7, 11) is 1.59. The lowest BCUT2D eigenvalue weighted by Crippen LogP contribution is -2.38. The van der Waals surface area contributed by atoms with E-state index in [1.165, 1.54) is 17.3 Å². The highest BCUT2D eigenvalue weighted by Crippen LogP contribution is 2.36. The fourth-order valence-electron chi connectivity index (χ4n) is 4.06. The number of nitrogens with zero attached hydrogens (tertiary/aromatic N) is 3. The highest BCUT2D eigenvalue weighted by molar-refractivity contribution is 8.00. The molecule has 0 radical (unpaired) electrons. The Hall–Kier alpha value is -2.76. The number of methoxy groups -OCH3 is 1. The molecule has 0 spiro atoms. The third-order valence-electron chi connectivity index (χ3n) is 5.58. The minimum Gasteiger partial charge on any atom is -0.497 e. The van der Waals surface area contributed by atoms with Gasteiger partial charge in [-0.1, -0.05) is 17.8 Å². The average Bonchev–Trinajstić information content (AvgIpc) is 2.82. The van der Waals surface area contributed by atoms with Crippen LogP contribution < -0.4 is 15.0 Å². The molecule has 0 atom stereocenters. The van der Waals surface area contributed by atoms with E-state index in [-0.39, 0.29) is 11.7 Å². The van der Waals surface area contributed by atoms with Crippen LogP contribution in [0.1, 0.15) is 29.5 Å². The Morgan fingerprint density at radius 1 is 1.29 bits per heavy atom. The third kappa shape index (κ3) is 4.94. The first-order valence-corrected chi connectivity index (χ1v) is 11.5. The summed E-state index contributed by atoms with van der Waals surface area (Å²) in [5.41, 5.74) is 3.62. The zero-order valence-corrected chi connectivity index (χ0v) is 18.5. The number of amides is 1. The SMILES string of the molecule is COc1cccc(NC(=O)CSc2nc(N3CCOCC3)c3c(c2C#N)CCCC3)c1. The first-order valence-electron chi connectivity index (χ1n) is 10.5. The molecule has 1 aromatic carbocycles. The highest BCUT2D eigenvalue weighted by atomic mass is 32.2. The van der Waals surface area contributed by atoms with Crippen molar-refractivity contribution in [3.05, 3.63) is 41.0 Å². The van der Waals surface area contributed by atoms with Crippen molar-refractivity contribution in [3.63, 3.8) is 0 Å². The van der Waals surface area contributed by atoms with E-state index in [0.717, 1.165) is 50.2 Å². The van der Waals surface area contributed by atoms with E-state index in [2.05, 4.69) is 16.3 Å². The number of anilines is 2. The molecule has 162 valence electrons. The van der Waals surface area contributed by atoms with Crippen molar-refractivity contribution in [2.75, 3.05) is 49.4 Å². The zero-order chi connectivity index (χ0) is 21.6. The Morgan fingerprint density at radius 2 is 2.06 bits per heavy atom. The number of nitriles is 1. The van der Waals surface area contributed by atoms with Gasteiger partial charge >= 0.3 is 0 Å². The van der Waals surface area contributed by atoms with E-state index < -0.39 is 0 Å². The number of hydrogen-bond donors (Lipinski definition) is 1. The Morgan fingerprint density at radius 3 is 2.81 bits per heavy atom. The monoisotopic (exact) mass is 438 g/mol. The lowest BCUT2D eigenvalue weighted by Gasteiger charge is -2.32. The standard InChI is InChI=1S/C23H26N4O3S/c1-29-17-6-4-5-16(13-17)25-21(28)15-31-23-20(14-24)18-7-2-3-8-19(18)22(26-23)27-9-11-30-12-10-27/h4-6,13H,2-3,7-12,15H2,1H3,(H,25,28). The molecular formula is C23H26N4O3S. The lowest BCUT2D eigenvalue weighted by molar-refractivity contribution is -0.113. The number of hydrogen-bond acceptors (Lipinski definition) is 7. The molecule has 0 saturated carbocycles. The van der Waals surface area contributed by atoms with Crippen molar-refractivity contribution in [2.45, 2.75) is 30.7 Å². The topological polar surface area (TPSA) is 87.5 Å². The lowest BCUT2D eigenvalue weighted by atomic mass is 9.89. The summed E-state index contributed by atoms with van der Waals surface area (Å²) < 4.78 is 10.7. The van der Waals surface area contributed by atoms with Gasteiger partial charge in [-0.05, 0) is 48.9 Å². The van der Waals surface area contributed by atoms with E-state index in [9.17, 15) is 10.1 Å². The van der Waals surface area contributed by atoms with Crippen LogP contribution in [0.3, 0.4) is 0 Å². The van der Waals surface area contributed by atoms with Crippen LogP contribution >= 0.6 is 11.8 Å². The predicted octanol–water partition coefficient (Wildman–Crippen LogP) is 3.41. The normalized spacial score (nSPS) is 15.7. The molecule has 31 heavy (non-hydrogen) atoms. The Balaban J connectivity index is 1.55. The molecule has 0 unspecified atom stereocenters. The second-order valence-electron chi connectivity index (χ2n) is 7.56. The summed E-state index contributed by atoms with van der Waals surface area (Å²) in [6.45, 7) is 2.96. The van der Waals surface area contributed by atoms with Crippen molar-refractivity contribution in [2.24, 2.45) is 0 Å². The van der Waals surface area contributed by atoms with E-state index in [4.69, 9.17) is 14.5 Å². The van der Waals surface area contributed by atoms with Crippen molar-refractivity contribution in [1.29, 1.82) is 5.26 Å². The number of thioether (sulfide) groups is 1. The number of aromatic nitrogens is 1. The summed E-state index contributed by atoms with van der Waals surface area (Å²) >= 11 is 1.33. The molecule has 8 heteroatoms. The first kappa shape index (κ1) is 21.5.